The van der Waals surface area contributed by atoms with Gasteiger partial charge in [0, 0.05) is 31.3 Å². The predicted molar refractivity (Wildman–Crippen MR) is 98.1 cm³/mol. The molecule has 0 spiro atoms. The molecule has 0 fully saturated rings. The van der Waals surface area contributed by atoms with Crippen molar-refractivity contribution in [3.63, 3.8) is 0 Å². The van der Waals surface area contributed by atoms with Crippen LogP contribution >= 0.6 is 0 Å². The molecule has 0 aliphatic carbocycles. The van der Waals surface area contributed by atoms with Crippen molar-refractivity contribution in [2.75, 3.05) is 20.7 Å². The van der Waals surface area contributed by atoms with Gasteiger partial charge < -0.3 is 20.3 Å². The number of allylic oxidation sites excluding steroid dienone is 1. The van der Waals surface area contributed by atoms with Gasteiger partial charge in [0.2, 0.25) is 0 Å². The smallest absolute Gasteiger partial charge is 0.329 e. The van der Waals surface area contributed by atoms with E-state index in [2.05, 4.69) is 0 Å². The third kappa shape index (κ3) is 4.51. The molecule has 1 aromatic carbocycles. The molecule has 2 rings (SSSR count). The van der Waals surface area contributed by atoms with E-state index in [0.717, 1.165) is 0 Å². The number of aliphatic hydroxyl groups is 1. The van der Waals surface area contributed by atoms with Crippen LogP contribution in [0, 0.1) is 22.6 Å². The first kappa shape index (κ1) is 20.1. The molecule has 0 radical (unpaired) electrons. The van der Waals surface area contributed by atoms with Gasteiger partial charge in [-0.1, -0.05) is 6.07 Å². The van der Waals surface area contributed by atoms with Crippen LogP contribution in [0.1, 0.15) is 24.5 Å². The molecule has 1 aliphatic heterocycles. The van der Waals surface area contributed by atoms with Crippen molar-refractivity contribution >= 4 is 17.4 Å². The van der Waals surface area contributed by atoms with Crippen molar-refractivity contribution in [1.82, 2.24) is 10.0 Å². The van der Waals surface area contributed by atoms with Crippen LogP contribution < -0.4 is 0 Å². The number of halogens is 1. The van der Waals surface area contributed by atoms with Crippen LogP contribution in [-0.2, 0) is 9.53 Å². The zero-order chi connectivity index (χ0) is 20.1. The number of ether oxygens (including phenoxy) is 1. The van der Waals surface area contributed by atoms with E-state index in [1.54, 1.807) is 42.2 Å². The van der Waals surface area contributed by atoms with Gasteiger partial charge >= 0.3 is 5.97 Å². The molecule has 1 unspecified atom stereocenters. The number of esters is 1. The van der Waals surface area contributed by atoms with Crippen molar-refractivity contribution in [2.24, 2.45) is 0 Å². The summed E-state index contributed by atoms with van der Waals surface area (Å²) in [4.78, 5) is 12.1. The zero-order valence-corrected chi connectivity index (χ0v) is 15.4. The number of nitriles is 1. The van der Waals surface area contributed by atoms with E-state index in [1.807, 2.05) is 0 Å². The maximum atomic E-state index is 14.1. The van der Waals surface area contributed by atoms with E-state index >= 15 is 0 Å². The number of benzene rings is 1. The van der Waals surface area contributed by atoms with Crippen LogP contribution in [0.5, 0.6) is 0 Å². The second-order valence-corrected chi connectivity index (χ2v) is 6.09. The van der Waals surface area contributed by atoms with E-state index in [-0.39, 0.29) is 23.5 Å². The molecule has 1 aromatic rings. The average molecular weight is 372 g/mol. The highest BCUT2D eigenvalue weighted by molar-refractivity contribution is 5.90. The van der Waals surface area contributed by atoms with Gasteiger partial charge in [0.25, 0.3) is 0 Å². The van der Waals surface area contributed by atoms with Gasteiger partial charge in [0.05, 0.1) is 24.1 Å². The van der Waals surface area contributed by atoms with Crippen molar-refractivity contribution in [2.45, 2.75) is 19.4 Å². The highest BCUT2D eigenvalue weighted by Crippen LogP contribution is 2.31. The minimum atomic E-state index is -0.695. The Bertz CT molecular complexity index is 857. The number of methoxy groups -OCH3 is 1. The summed E-state index contributed by atoms with van der Waals surface area (Å²) in [6.45, 7) is 1.85. The Morgan fingerprint density at radius 1 is 1.52 bits per heavy atom. The fourth-order valence-electron chi connectivity index (χ4n) is 2.84. The zero-order valence-electron chi connectivity index (χ0n) is 15.4. The van der Waals surface area contributed by atoms with Crippen molar-refractivity contribution < 1.29 is 19.0 Å². The number of hydrazine groups is 1. The maximum Gasteiger partial charge on any atom is 0.329 e. The van der Waals surface area contributed by atoms with Gasteiger partial charge in [-0.15, -0.1) is 0 Å². The fourth-order valence-corrected chi connectivity index (χ4v) is 2.84. The normalized spacial score (nSPS) is 17.4. The fraction of sp³-hybridized carbons (Fsp3) is 0.316. The molecule has 1 heterocycles. The second-order valence-electron chi connectivity index (χ2n) is 6.09. The Balaban J connectivity index is 2.36. The lowest BCUT2D eigenvalue weighted by atomic mass is 10.1. The molecule has 0 saturated carbocycles. The third-order valence-corrected chi connectivity index (χ3v) is 4.17. The highest BCUT2D eigenvalue weighted by Gasteiger charge is 2.35. The van der Waals surface area contributed by atoms with Crippen LogP contribution in [0.15, 0.2) is 36.1 Å². The highest BCUT2D eigenvalue weighted by atomic mass is 19.1. The van der Waals surface area contributed by atoms with E-state index in [4.69, 9.17) is 15.4 Å². The number of aliphatic hydroxyl groups excluding tert-OH is 1. The molecule has 142 valence electrons. The van der Waals surface area contributed by atoms with E-state index in [0.29, 0.717) is 17.8 Å². The Morgan fingerprint density at radius 3 is 2.78 bits per heavy atom. The van der Waals surface area contributed by atoms with Gasteiger partial charge in [-0.3, -0.25) is 0 Å². The number of nitrogens with zero attached hydrogens (tertiary/aromatic N) is 3. The predicted octanol–water partition coefficient (Wildman–Crippen LogP) is 2.61. The first-order valence-corrected chi connectivity index (χ1v) is 8.23. The van der Waals surface area contributed by atoms with E-state index in [9.17, 15) is 14.3 Å². The first-order chi connectivity index (χ1) is 12.8. The standard InChI is InChI=1S/C19H21FN4O3/c1-12(22)8-15(25)6-7-24-17(10-18(23(24)2)19(26)27-3)13-4-5-14(11-21)16(20)9-13/h4-5,8-10,18,22,25H,6-7H2,1-3H3/b15-8-,22-12?. The summed E-state index contributed by atoms with van der Waals surface area (Å²) in [5.74, 6) is -1.09. The van der Waals surface area contributed by atoms with Crippen LogP contribution in [0.25, 0.3) is 5.70 Å². The number of rotatable bonds is 6. The molecule has 8 heteroatoms. The van der Waals surface area contributed by atoms with Crippen molar-refractivity contribution in [1.29, 1.82) is 10.7 Å². The number of carbonyl (C=O) groups is 1. The molecule has 1 aliphatic rings. The monoisotopic (exact) mass is 372 g/mol. The van der Waals surface area contributed by atoms with Gasteiger partial charge in [-0.05, 0) is 31.2 Å². The quantitative estimate of drug-likeness (QED) is 0.452. The summed E-state index contributed by atoms with van der Waals surface area (Å²) in [5.41, 5.74) is 1.22. The Hall–Kier alpha value is -3.18. The Morgan fingerprint density at radius 2 is 2.22 bits per heavy atom. The Labute approximate surface area is 157 Å². The number of carbonyl (C=O) groups excluding carboxylic acids is 1. The molecule has 0 aromatic heterocycles. The van der Waals surface area contributed by atoms with Gasteiger partial charge in [0.15, 0.2) is 0 Å². The SMILES string of the molecule is COC(=O)C1C=C(c2ccc(C#N)c(F)c2)N(CC/C(O)=C/C(C)=N)N1C. The number of hydrogen-bond acceptors (Lipinski definition) is 7. The summed E-state index contributed by atoms with van der Waals surface area (Å²) in [5, 5.41) is 29.6. The second kappa shape index (κ2) is 8.47. The van der Waals surface area contributed by atoms with Crippen LogP contribution in [0.3, 0.4) is 0 Å². The molecular weight excluding hydrogens is 351 g/mol. The van der Waals surface area contributed by atoms with Crippen LogP contribution in [0.2, 0.25) is 0 Å². The number of hydrogen-bond donors (Lipinski definition) is 2. The van der Waals surface area contributed by atoms with E-state index < -0.39 is 17.8 Å². The minimum absolute atomic E-state index is 0.0303. The average Bonchev–Trinajstić information content (AvgIpc) is 2.95. The third-order valence-electron chi connectivity index (χ3n) is 4.17. The van der Waals surface area contributed by atoms with Gasteiger partial charge in [-0.25, -0.2) is 14.2 Å². The van der Waals surface area contributed by atoms with Crippen molar-refractivity contribution in [3.8, 4) is 6.07 Å². The lowest BCUT2D eigenvalue weighted by Crippen LogP contribution is -2.43. The Kier molecular flexibility index (Phi) is 6.32. The molecule has 1 atom stereocenters. The molecule has 7 nitrogen and oxygen atoms in total. The summed E-state index contributed by atoms with van der Waals surface area (Å²) in [6.07, 6.45) is 3.22. The van der Waals surface area contributed by atoms with Gasteiger partial charge in [0.1, 0.15) is 17.9 Å². The largest absolute Gasteiger partial charge is 0.512 e. The van der Waals surface area contributed by atoms with Gasteiger partial charge in [-0.2, -0.15) is 5.26 Å². The maximum absolute atomic E-state index is 14.1. The summed E-state index contributed by atoms with van der Waals surface area (Å²) in [7, 11) is 2.98. The van der Waals surface area contributed by atoms with Crippen molar-refractivity contribution in [3.05, 3.63) is 53.1 Å². The number of likely N-dealkylation sites (N-methyl/N-ethyl adjacent to an activating group) is 1. The molecule has 0 amide bonds. The number of nitrogens with one attached hydrogen (secondary N) is 1. The molecular formula is C19H21FN4O3. The summed E-state index contributed by atoms with van der Waals surface area (Å²) in [6, 6.07) is 5.30. The summed E-state index contributed by atoms with van der Waals surface area (Å²) < 4.78 is 18.9. The first-order valence-electron chi connectivity index (χ1n) is 8.23. The lowest BCUT2D eigenvalue weighted by Gasteiger charge is -2.32. The summed E-state index contributed by atoms with van der Waals surface area (Å²) >= 11 is 0. The minimum Gasteiger partial charge on any atom is -0.512 e. The van der Waals surface area contributed by atoms with Crippen LogP contribution in [0.4, 0.5) is 4.39 Å². The molecule has 0 saturated heterocycles. The molecule has 27 heavy (non-hydrogen) atoms. The molecule has 0 bridgehead atoms. The lowest BCUT2D eigenvalue weighted by molar-refractivity contribution is -0.147. The van der Waals surface area contributed by atoms with Crippen LogP contribution in [-0.4, -0.2) is 53.5 Å². The topological polar surface area (TPSA) is 101 Å². The van der Waals surface area contributed by atoms with E-state index in [1.165, 1.54) is 25.3 Å². The molecule has 2 N–H and O–H groups in total.